The minimum Gasteiger partial charge on any atom is -0.493 e. The standard InChI is InChI=1S/C21H21BrN2O5/c1-4-10-27-18-16(22)11-15(12-17(18)26-3)21(25)28-13(2)19-23-24-20(29-19)14-8-6-5-7-9-14/h5-9,11-13H,4,10H2,1-3H3. The van der Waals surface area contributed by atoms with Crippen LogP contribution in [-0.4, -0.2) is 29.9 Å². The average Bonchev–Trinajstić information content (AvgIpc) is 3.23. The molecule has 3 aromatic rings. The summed E-state index contributed by atoms with van der Waals surface area (Å²) < 4.78 is 22.8. The Labute approximate surface area is 177 Å². The lowest BCUT2D eigenvalue weighted by Crippen LogP contribution is -2.10. The van der Waals surface area contributed by atoms with Gasteiger partial charge in [0.25, 0.3) is 5.89 Å². The van der Waals surface area contributed by atoms with Crippen LogP contribution in [0.25, 0.3) is 11.5 Å². The number of esters is 1. The molecule has 2 aromatic carbocycles. The van der Waals surface area contributed by atoms with Crippen molar-refractivity contribution in [3.63, 3.8) is 0 Å². The van der Waals surface area contributed by atoms with Crippen molar-refractivity contribution in [2.75, 3.05) is 13.7 Å². The molecule has 7 nitrogen and oxygen atoms in total. The van der Waals surface area contributed by atoms with Gasteiger partial charge < -0.3 is 18.6 Å². The maximum Gasteiger partial charge on any atom is 0.339 e. The molecule has 0 aliphatic rings. The first kappa shape index (κ1) is 20.9. The molecule has 0 saturated heterocycles. The van der Waals surface area contributed by atoms with Gasteiger partial charge in [-0.15, -0.1) is 10.2 Å². The molecule has 0 aliphatic carbocycles. The molecule has 3 rings (SSSR count). The van der Waals surface area contributed by atoms with Crippen molar-refractivity contribution < 1.29 is 23.4 Å². The number of nitrogens with zero attached hydrogens (tertiary/aromatic N) is 2. The molecule has 1 atom stereocenters. The molecule has 1 unspecified atom stereocenters. The Balaban J connectivity index is 1.74. The Bertz CT molecular complexity index is 974. The highest BCUT2D eigenvalue weighted by Crippen LogP contribution is 2.37. The van der Waals surface area contributed by atoms with Gasteiger partial charge in [-0.25, -0.2) is 4.79 Å². The van der Waals surface area contributed by atoms with E-state index in [-0.39, 0.29) is 5.89 Å². The minimum atomic E-state index is -0.715. The molecule has 0 bridgehead atoms. The van der Waals surface area contributed by atoms with E-state index in [2.05, 4.69) is 26.1 Å². The zero-order chi connectivity index (χ0) is 20.8. The molecule has 0 radical (unpaired) electrons. The van der Waals surface area contributed by atoms with Crippen LogP contribution < -0.4 is 9.47 Å². The number of aromatic nitrogens is 2. The molecule has 0 N–H and O–H groups in total. The number of benzene rings is 2. The van der Waals surface area contributed by atoms with Crippen LogP contribution in [-0.2, 0) is 4.74 Å². The summed E-state index contributed by atoms with van der Waals surface area (Å²) in [5.41, 5.74) is 1.10. The summed E-state index contributed by atoms with van der Waals surface area (Å²) in [5, 5.41) is 8.01. The van der Waals surface area contributed by atoms with Crippen molar-refractivity contribution in [2.24, 2.45) is 0 Å². The topological polar surface area (TPSA) is 83.7 Å². The van der Waals surface area contributed by atoms with Gasteiger partial charge in [0.1, 0.15) is 0 Å². The van der Waals surface area contributed by atoms with Gasteiger partial charge in [-0.2, -0.15) is 0 Å². The predicted molar refractivity (Wildman–Crippen MR) is 110 cm³/mol. The fourth-order valence-electron chi connectivity index (χ4n) is 2.56. The Kier molecular flexibility index (Phi) is 6.87. The van der Waals surface area contributed by atoms with E-state index in [0.717, 1.165) is 12.0 Å². The largest absolute Gasteiger partial charge is 0.493 e. The van der Waals surface area contributed by atoms with Gasteiger partial charge >= 0.3 is 5.97 Å². The van der Waals surface area contributed by atoms with Gasteiger partial charge in [-0.1, -0.05) is 25.1 Å². The monoisotopic (exact) mass is 460 g/mol. The second-order valence-corrected chi connectivity index (χ2v) is 7.05. The van der Waals surface area contributed by atoms with Gasteiger partial charge in [-0.3, -0.25) is 0 Å². The van der Waals surface area contributed by atoms with Gasteiger partial charge in [-0.05, 0) is 53.5 Å². The van der Waals surface area contributed by atoms with Crippen LogP contribution in [0.3, 0.4) is 0 Å². The number of ether oxygens (including phenoxy) is 3. The molecule has 0 amide bonds. The Hall–Kier alpha value is -2.87. The zero-order valence-corrected chi connectivity index (χ0v) is 17.9. The van der Waals surface area contributed by atoms with E-state index in [9.17, 15) is 4.79 Å². The molecule has 1 heterocycles. The molecule has 8 heteroatoms. The van der Waals surface area contributed by atoms with Crippen LogP contribution >= 0.6 is 15.9 Å². The van der Waals surface area contributed by atoms with Gasteiger partial charge in [0.05, 0.1) is 23.8 Å². The number of hydrogen-bond donors (Lipinski definition) is 0. The molecule has 0 spiro atoms. The molecular formula is C21H21BrN2O5. The third kappa shape index (κ3) is 4.95. The average molecular weight is 461 g/mol. The molecule has 152 valence electrons. The first-order chi connectivity index (χ1) is 14.0. The molecular weight excluding hydrogens is 440 g/mol. The highest BCUT2D eigenvalue weighted by atomic mass is 79.9. The zero-order valence-electron chi connectivity index (χ0n) is 16.3. The quantitative estimate of drug-likeness (QED) is 0.426. The Morgan fingerprint density at radius 2 is 1.97 bits per heavy atom. The minimum absolute atomic E-state index is 0.214. The van der Waals surface area contributed by atoms with Gasteiger partial charge in [0.2, 0.25) is 5.89 Å². The van der Waals surface area contributed by atoms with E-state index in [0.29, 0.717) is 34.0 Å². The van der Waals surface area contributed by atoms with Crippen molar-refractivity contribution in [1.82, 2.24) is 10.2 Å². The summed E-state index contributed by atoms with van der Waals surface area (Å²) in [6.45, 7) is 4.22. The maximum atomic E-state index is 12.6. The lowest BCUT2D eigenvalue weighted by Gasteiger charge is -2.14. The summed E-state index contributed by atoms with van der Waals surface area (Å²) in [6, 6.07) is 12.6. The second-order valence-electron chi connectivity index (χ2n) is 6.20. The van der Waals surface area contributed by atoms with Crippen LogP contribution in [0.15, 0.2) is 51.4 Å². The van der Waals surface area contributed by atoms with Crippen molar-refractivity contribution in [1.29, 1.82) is 0 Å². The van der Waals surface area contributed by atoms with E-state index in [4.69, 9.17) is 18.6 Å². The highest BCUT2D eigenvalue weighted by Gasteiger charge is 2.22. The van der Waals surface area contributed by atoms with Crippen LogP contribution in [0.1, 0.15) is 42.6 Å². The lowest BCUT2D eigenvalue weighted by molar-refractivity contribution is 0.0279. The van der Waals surface area contributed by atoms with E-state index in [1.165, 1.54) is 7.11 Å². The predicted octanol–water partition coefficient (Wildman–Crippen LogP) is 5.21. The van der Waals surface area contributed by atoms with Crippen LogP contribution in [0.2, 0.25) is 0 Å². The van der Waals surface area contributed by atoms with E-state index in [1.54, 1.807) is 19.1 Å². The number of rotatable bonds is 8. The fourth-order valence-corrected chi connectivity index (χ4v) is 3.11. The maximum absolute atomic E-state index is 12.6. The van der Waals surface area contributed by atoms with Crippen molar-refractivity contribution in [2.45, 2.75) is 26.4 Å². The molecule has 0 fully saturated rings. The van der Waals surface area contributed by atoms with Crippen LogP contribution in [0.4, 0.5) is 0 Å². The van der Waals surface area contributed by atoms with Crippen molar-refractivity contribution >= 4 is 21.9 Å². The number of halogens is 1. The molecule has 0 aliphatic heterocycles. The summed E-state index contributed by atoms with van der Waals surface area (Å²) in [7, 11) is 1.52. The van der Waals surface area contributed by atoms with E-state index >= 15 is 0 Å². The first-order valence-electron chi connectivity index (χ1n) is 9.13. The van der Waals surface area contributed by atoms with E-state index < -0.39 is 12.1 Å². The number of hydrogen-bond acceptors (Lipinski definition) is 7. The number of carbonyl (C=O) groups is 1. The van der Waals surface area contributed by atoms with Crippen molar-refractivity contribution in [3.05, 3.63) is 58.4 Å². The molecule has 1 aromatic heterocycles. The highest BCUT2D eigenvalue weighted by molar-refractivity contribution is 9.10. The fraction of sp³-hybridized carbons (Fsp3) is 0.286. The van der Waals surface area contributed by atoms with Crippen LogP contribution in [0.5, 0.6) is 11.5 Å². The summed E-state index contributed by atoms with van der Waals surface area (Å²) in [6.07, 6.45) is 0.139. The van der Waals surface area contributed by atoms with Gasteiger partial charge in [0, 0.05) is 5.56 Å². The number of methoxy groups -OCH3 is 1. The summed E-state index contributed by atoms with van der Waals surface area (Å²) in [5.74, 6) is 1.02. The molecule has 0 saturated carbocycles. The summed E-state index contributed by atoms with van der Waals surface area (Å²) in [4.78, 5) is 12.6. The first-order valence-corrected chi connectivity index (χ1v) is 9.93. The lowest BCUT2D eigenvalue weighted by atomic mass is 10.2. The number of carbonyl (C=O) groups excluding carboxylic acids is 1. The third-order valence-electron chi connectivity index (χ3n) is 4.01. The Morgan fingerprint density at radius 1 is 1.21 bits per heavy atom. The SMILES string of the molecule is CCCOc1c(Br)cc(C(=O)OC(C)c2nnc(-c3ccccc3)o2)cc1OC. The summed E-state index contributed by atoms with van der Waals surface area (Å²) >= 11 is 3.42. The smallest absolute Gasteiger partial charge is 0.339 e. The Morgan fingerprint density at radius 3 is 2.66 bits per heavy atom. The van der Waals surface area contributed by atoms with Crippen molar-refractivity contribution in [3.8, 4) is 23.0 Å². The van der Waals surface area contributed by atoms with Gasteiger partial charge in [0.15, 0.2) is 17.6 Å². The van der Waals surface area contributed by atoms with Crippen LogP contribution in [0, 0.1) is 0 Å². The normalized spacial score (nSPS) is 11.7. The van der Waals surface area contributed by atoms with E-state index in [1.807, 2.05) is 37.3 Å². The third-order valence-corrected chi connectivity index (χ3v) is 4.60. The molecule has 29 heavy (non-hydrogen) atoms. The second kappa shape index (κ2) is 9.56.